The fraction of sp³-hybridized carbons (Fsp3) is 0.182. The molecule has 0 fully saturated rings. The minimum atomic E-state index is -1.15. The summed E-state index contributed by atoms with van der Waals surface area (Å²) in [5.41, 5.74) is 3.90. The van der Waals surface area contributed by atoms with Crippen LogP contribution in [-0.2, 0) is 21.6 Å². The van der Waals surface area contributed by atoms with Crippen LogP contribution >= 0.6 is 0 Å². The van der Waals surface area contributed by atoms with Gasteiger partial charge in [0.25, 0.3) is 0 Å². The molecule has 0 unspecified atom stereocenters. The van der Waals surface area contributed by atoms with E-state index in [9.17, 15) is 15.0 Å². The van der Waals surface area contributed by atoms with E-state index in [1.165, 1.54) is 0 Å². The molecule has 0 aliphatic carbocycles. The molecule has 5 rings (SSSR count). The number of phenolic OH excluding ortho intramolecular Hbond substituents is 2. The van der Waals surface area contributed by atoms with Gasteiger partial charge in [0.2, 0.25) is 0 Å². The second kappa shape index (κ2) is 10.7. The largest absolute Gasteiger partial charge is 0.508 e. The Kier molecular flexibility index (Phi) is 7.13. The van der Waals surface area contributed by atoms with E-state index in [1.54, 1.807) is 57.5 Å². The summed E-state index contributed by atoms with van der Waals surface area (Å²) < 4.78 is 16.6. The van der Waals surface area contributed by atoms with Crippen LogP contribution in [0.1, 0.15) is 30.5 Å². The molecular formula is C33H31NO6. The smallest absolute Gasteiger partial charge is 0.337 e. The Morgan fingerprint density at radius 3 is 2.35 bits per heavy atom. The number of anilines is 1. The minimum Gasteiger partial charge on any atom is -0.508 e. The zero-order valence-corrected chi connectivity index (χ0v) is 22.8. The van der Waals surface area contributed by atoms with Crippen LogP contribution in [-0.4, -0.2) is 30.4 Å². The van der Waals surface area contributed by atoms with E-state index in [0.29, 0.717) is 39.6 Å². The fourth-order valence-electron chi connectivity index (χ4n) is 5.46. The van der Waals surface area contributed by atoms with Gasteiger partial charge in [-0.05, 0) is 73.0 Å². The van der Waals surface area contributed by atoms with Crippen molar-refractivity contribution in [1.29, 1.82) is 0 Å². The van der Waals surface area contributed by atoms with Crippen LogP contribution in [0.4, 0.5) is 5.69 Å². The van der Waals surface area contributed by atoms with Gasteiger partial charge < -0.3 is 29.7 Å². The summed E-state index contributed by atoms with van der Waals surface area (Å²) in [4.78, 5) is 13.8. The lowest BCUT2D eigenvalue weighted by molar-refractivity contribution is -0.141. The predicted molar refractivity (Wildman–Crippen MR) is 154 cm³/mol. The number of carbonyl (C=O) groups excluding carboxylic acids is 1. The van der Waals surface area contributed by atoms with Gasteiger partial charge >= 0.3 is 5.97 Å². The molecule has 3 N–H and O–H groups in total. The minimum absolute atomic E-state index is 0.00953. The standard InChI is InChI=1S/C33H31NO6/c1-20-30(32(37)40-19-21-12-14-25(38-3)15-13-21)33(2,23-8-7-9-24(35)18-23)31-27(34-20)16-22(17-28(31)36)26-10-5-6-11-29(26)39-4/h5-18,34-36H,19H2,1-4H3/t33-/m0/s1. The summed E-state index contributed by atoms with van der Waals surface area (Å²) >= 11 is 0. The first-order valence-corrected chi connectivity index (χ1v) is 12.8. The second-order valence-electron chi connectivity index (χ2n) is 9.84. The summed E-state index contributed by atoms with van der Waals surface area (Å²) in [5, 5.41) is 25.2. The molecule has 1 atom stereocenters. The average molecular weight is 538 g/mol. The van der Waals surface area contributed by atoms with Crippen molar-refractivity contribution in [1.82, 2.24) is 0 Å². The Morgan fingerprint density at radius 2 is 1.65 bits per heavy atom. The van der Waals surface area contributed by atoms with Crippen LogP contribution in [0.5, 0.6) is 23.0 Å². The molecule has 0 spiro atoms. The monoisotopic (exact) mass is 537 g/mol. The van der Waals surface area contributed by atoms with Gasteiger partial charge in [-0.1, -0.05) is 42.5 Å². The maximum atomic E-state index is 13.8. The Balaban J connectivity index is 1.61. The molecule has 0 saturated heterocycles. The van der Waals surface area contributed by atoms with Gasteiger partial charge in [0.1, 0.15) is 29.6 Å². The number of fused-ring (bicyclic) bond motifs is 1. The van der Waals surface area contributed by atoms with Crippen molar-refractivity contribution >= 4 is 11.7 Å². The topological polar surface area (TPSA) is 97.3 Å². The Labute approximate surface area is 233 Å². The number of aromatic hydroxyl groups is 2. The van der Waals surface area contributed by atoms with Crippen molar-refractivity contribution in [3.8, 4) is 34.1 Å². The molecule has 7 nitrogen and oxygen atoms in total. The van der Waals surface area contributed by atoms with Gasteiger partial charge in [-0.2, -0.15) is 0 Å². The number of phenols is 2. The van der Waals surface area contributed by atoms with Crippen molar-refractivity contribution < 1.29 is 29.2 Å². The molecule has 0 radical (unpaired) electrons. The van der Waals surface area contributed by atoms with Gasteiger partial charge in [0, 0.05) is 22.5 Å². The summed E-state index contributed by atoms with van der Waals surface area (Å²) in [6.45, 7) is 3.72. The predicted octanol–water partition coefficient (Wildman–Crippen LogP) is 6.53. The summed E-state index contributed by atoms with van der Waals surface area (Å²) in [6, 6.07) is 25.2. The highest BCUT2D eigenvalue weighted by molar-refractivity contribution is 5.97. The van der Waals surface area contributed by atoms with Crippen LogP contribution in [0.3, 0.4) is 0 Å². The third-order valence-corrected chi connectivity index (χ3v) is 7.39. The number of ether oxygens (including phenoxy) is 3. The summed E-state index contributed by atoms with van der Waals surface area (Å²) in [6.07, 6.45) is 0. The number of allylic oxidation sites excluding steroid dienone is 1. The Hall–Kier alpha value is -4.91. The van der Waals surface area contributed by atoms with Crippen LogP contribution in [0.15, 0.2) is 96.2 Å². The number of hydrogen-bond donors (Lipinski definition) is 3. The molecule has 7 heteroatoms. The number of carbonyl (C=O) groups is 1. The fourth-order valence-corrected chi connectivity index (χ4v) is 5.46. The summed E-state index contributed by atoms with van der Waals surface area (Å²) in [7, 11) is 3.19. The highest BCUT2D eigenvalue weighted by Gasteiger charge is 2.46. The Morgan fingerprint density at radius 1 is 0.900 bits per heavy atom. The molecule has 0 aromatic heterocycles. The molecule has 0 amide bonds. The lowest BCUT2D eigenvalue weighted by Crippen LogP contribution is -2.37. The number of benzene rings is 4. The first kappa shape index (κ1) is 26.7. The van der Waals surface area contributed by atoms with Gasteiger partial charge in [-0.25, -0.2) is 4.79 Å². The van der Waals surface area contributed by atoms with Crippen LogP contribution < -0.4 is 14.8 Å². The molecule has 1 aliphatic rings. The molecule has 4 aromatic rings. The van der Waals surface area contributed by atoms with Crippen molar-refractivity contribution in [2.45, 2.75) is 25.9 Å². The maximum absolute atomic E-state index is 13.8. The van der Waals surface area contributed by atoms with E-state index in [1.807, 2.05) is 55.5 Å². The number of methoxy groups -OCH3 is 2. The zero-order valence-electron chi connectivity index (χ0n) is 22.8. The molecule has 40 heavy (non-hydrogen) atoms. The number of esters is 1. The van der Waals surface area contributed by atoms with Gasteiger partial charge in [-0.15, -0.1) is 0 Å². The average Bonchev–Trinajstić information content (AvgIpc) is 2.95. The van der Waals surface area contributed by atoms with Crippen molar-refractivity contribution in [3.63, 3.8) is 0 Å². The van der Waals surface area contributed by atoms with Crippen LogP contribution in [0.25, 0.3) is 11.1 Å². The first-order valence-electron chi connectivity index (χ1n) is 12.8. The third kappa shape index (κ3) is 4.71. The van der Waals surface area contributed by atoms with Gasteiger partial charge in [-0.3, -0.25) is 0 Å². The van der Waals surface area contributed by atoms with E-state index >= 15 is 0 Å². The highest BCUT2D eigenvalue weighted by atomic mass is 16.5. The molecule has 204 valence electrons. The first-order chi connectivity index (χ1) is 19.3. The molecular weight excluding hydrogens is 506 g/mol. The molecule has 1 heterocycles. The van der Waals surface area contributed by atoms with Crippen LogP contribution in [0.2, 0.25) is 0 Å². The molecule has 0 saturated carbocycles. The zero-order chi connectivity index (χ0) is 28.4. The number of nitrogens with one attached hydrogen (secondary N) is 1. The lowest BCUT2D eigenvalue weighted by atomic mass is 9.67. The van der Waals surface area contributed by atoms with E-state index in [0.717, 1.165) is 16.7 Å². The number of hydrogen-bond acceptors (Lipinski definition) is 7. The van der Waals surface area contributed by atoms with E-state index in [4.69, 9.17) is 14.2 Å². The molecule has 4 aromatic carbocycles. The Bertz CT molecular complexity index is 1610. The normalized spacial score (nSPS) is 16.1. The highest BCUT2D eigenvalue weighted by Crippen LogP contribution is 2.52. The van der Waals surface area contributed by atoms with Gasteiger partial charge in [0.15, 0.2) is 0 Å². The van der Waals surface area contributed by atoms with Crippen LogP contribution in [0, 0.1) is 0 Å². The van der Waals surface area contributed by atoms with Crippen molar-refractivity contribution in [2.75, 3.05) is 19.5 Å². The van der Waals surface area contributed by atoms with Gasteiger partial charge in [0.05, 0.1) is 25.2 Å². The van der Waals surface area contributed by atoms with E-state index in [2.05, 4.69) is 5.32 Å². The third-order valence-electron chi connectivity index (χ3n) is 7.39. The van der Waals surface area contributed by atoms with Crippen molar-refractivity contribution in [2.24, 2.45) is 0 Å². The lowest BCUT2D eigenvalue weighted by Gasteiger charge is -2.39. The van der Waals surface area contributed by atoms with E-state index in [-0.39, 0.29) is 18.1 Å². The number of rotatable bonds is 7. The number of para-hydroxylation sites is 1. The second-order valence-corrected chi connectivity index (χ2v) is 9.84. The van der Waals surface area contributed by atoms with Crippen molar-refractivity contribution in [3.05, 3.63) is 113 Å². The maximum Gasteiger partial charge on any atom is 0.337 e. The molecule has 1 aliphatic heterocycles. The van der Waals surface area contributed by atoms with E-state index < -0.39 is 11.4 Å². The quantitative estimate of drug-likeness (QED) is 0.231. The SMILES string of the molecule is COc1ccc(COC(=O)C2=C(C)Nc3cc(-c4ccccc4OC)cc(O)c3[C@@]2(C)c2cccc(O)c2)cc1. The molecule has 0 bridgehead atoms. The summed E-state index contributed by atoms with van der Waals surface area (Å²) in [5.74, 6) is 0.882.